The zero-order valence-corrected chi connectivity index (χ0v) is 19.5. The molecule has 0 saturated heterocycles. The Morgan fingerprint density at radius 3 is 2.64 bits per heavy atom. The summed E-state index contributed by atoms with van der Waals surface area (Å²) in [6.45, 7) is 9.51. The van der Waals surface area contributed by atoms with E-state index in [1.165, 1.54) is 0 Å². The smallest absolute Gasteiger partial charge is 0.306 e. The average Bonchev–Trinajstić information content (AvgIpc) is 2.81. The van der Waals surface area contributed by atoms with Gasteiger partial charge in [-0.15, -0.1) is 13.2 Å². The molecule has 1 aliphatic rings. The largest absolute Gasteiger partial charge is 0.461 e. The van der Waals surface area contributed by atoms with Gasteiger partial charge in [0.05, 0.1) is 25.1 Å². The van der Waals surface area contributed by atoms with Gasteiger partial charge in [-0.2, -0.15) is 0 Å². The lowest BCUT2D eigenvalue weighted by Gasteiger charge is -2.36. The normalized spacial score (nSPS) is 16.8. The van der Waals surface area contributed by atoms with Gasteiger partial charge in [-0.1, -0.05) is 36.4 Å². The molecule has 1 heterocycles. The monoisotopic (exact) mass is 456 g/mol. The van der Waals surface area contributed by atoms with Crippen molar-refractivity contribution in [2.24, 2.45) is 5.92 Å². The number of allylic oxidation sites excluding steroid dienone is 2. The van der Waals surface area contributed by atoms with Crippen LogP contribution in [0.2, 0.25) is 0 Å². The Balaban J connectivity index is 1.91. The van der Waals surface area contributed by atoms with E-state index in [0.717, 1.165) is 17.5 Å². The summed E-state index contributed by atoms with van der Waals surface area (Å²) in [6, 6.07) is 7.58. The predicted molar refractivity (Wildman–Crippen MR) is 127 cm³/mol. The molecule has 0 spiro atoms. The number of aliphatic hydroxyl groups excluding tert-OH is 1. The molecule has 2 amide bonds. The van der Waals surface area contributed by atoms with E-state index in [9.17, 15) is 19.5 Å². The van der Waals surface area contributed by atoms with Gasteiger partial charge in [0.1, 0.15) is 6.10 Å². The molecule has 3 atom stereocenters. The maximum Gasteiger partial charge on any atom is 0.306 e. The quantitative estimate of drug-likeness (QED) is 0.270. The minimum Gasteiger partial charge on any atom is -0.461 e. The van der Waals surface area contributed by atoms with Crippen molar-refractivity contribution in [1.82, 2.24) is 10.2 Å². The van der Waals surface area contributed by atoms with E-state index in [-0.39, 0.29) is 43.4 Å². The molecular weight excluding hydrogens is 420 g/mol. The van der Waals surface area contributed by atoms with Crippen LogP contribution in [-0.2, 0) is 32.1 Å². The van der Waals surface area contributed by atoms with Crippen LogP contribution < -0.4 is 5.32 Å². The number of nitrogens with one attached hydrogen (secondary N) is 1. The van der Waals surface area contributed by atoms with Gasteiger partial charge in [0.25, 0.3) is 0 Å². The highest BCUT2D eigenvalue weighted by molar-refractivity contribution is 5.86. The van der Waals surface area contributed by atoms with Gasteiger partial charge >= 0.3 is 5.97 Å². The van der Waals surface area contributed by atoms with Crippen LogP contribution in [0.15, 0.2) is 49.6 Å². The van der Waals surface area contributed by atoms with E-state index in [1.54, 1.807) is 24.0 Å². The summed E-state index contributed by atoms with van der Waals surface area (Å²) in [5, 5.41) is 12.6. The van der Waals surface area contributed by atoms with Crippen LogP contribution in [0, 0.1) is 5.92 Å². The first-order valence-electron chi connectivity index (χ1n) is 11.6. The Hall–Kier alpha value is -2.93. The third-order valence-corrected chi connectivity index (χ3v) is 5.82. The molecular formula is C26H36N2O5. The molecule has 180 valence electrons. The first kappa shape index (κ1) is 26.3. The van der Waals surface area contributed by atoms with Crippen molar-refractivity contribution in [2.45, 2.75) is 64.1 Å². The van der Waals surface area contributed by atoms with Gasteiger partial charge in [0.15, 0.2) is 0 Å². The van der Waals surface area contributed by atoms with E-state index >= 15 is 0 Å². The number of esters is 1. The molecule has 1 aromatic carbocycles. The summed E-state index contributed by atoms with van der Waals surface area (Å²) in [5.41, 5.74) is 2.19. The number of carbonyl (C=O) groups excluding carboxylic acids is 3. The number of carbonyl (C=O) groups is 3. The van der Waals surface area contributed by atoms with Crippen molar-refractivity contribution in [2.75, 3.05) is 13.2 Å². The van der Waals surface area contributed by atoms with Crippen LogP contribution in [0.4, 0.5) is 0 Å². The molecule has 0 fully saturated rings. The fourth-order valence-electron chi connectivity index (χ4n) is 3.96. The van der Waals surface area contributed by atoms with Gasteiger partial charge in [0.2, 0.25) is 11.8 Å². The number of ether oxygens (including phenoxy) is 1. The van der Waals surface area contributed by atoms with E-state index < -0.39 is 12.0 Å². The molecule has 1 aliphatic heterocycles. The number of rotatable bonds is 13. The summed E-state index contributed by atoms with van der Waals surface area (Å²) in [7, 11) is 0. The summed E-state index contributed by atoms with van der Waals surface area (Å²) in [6.07, 6.45) is 5.60. The van der Waals surface area contributed by atoms with Gasteiger partial charge < -0.3 is 20.1 Å². The fourth-order valence-corrected chi connectivity index (χ4v) is 3.96. The van der Waals surface area contributed by atoms with Crippen LogP contribution in [0.3, 0.4) is 0 Å². The molecule has 7 nitrogen and oxygen atoms in total. The second kappa shape index (κ2) is 13.6. The molecule has 0 radical (unpaired) electrons. The lowest BCUT2D eigenvalue weighted by atomic mass is 9.92. The number of nitrogens with zero attached hydrogens (tertiary/aromatic N) is 1. The molecule has 33 heavy (non-hydrogen) atoms. The van der Waals surface area contributed by atoms with Crippen LogP contribution in [0.25, 0.3) is 0 Å². The summed E-state index contributed by atoms with van der Waals surface area (Å²) < 4.78 is 5.31. The number of unbranched alkanes of at least 4 members (excludes halogenated alkanes) is 1. The minimum absolute atomic E-state index is 0.0201. The lowest BCUT2D eigenvalue weighted by molar-refractivity contribution is -0.148. The molecule has 2 rings (SSSR count). The number of benzene rings is 1. The minimum atomic E-state index is -0.581. The Morgan fingerprint density at radius 1 is 1.24 bits per heavy atom. The van der Waals surface area contributed by atoms with Crippen molar-refractivity contribution in [3.8, 4) is 0 Å². The number of fused-ring (bicyclic) bond motifs is 1. The number of amides is 2. The highest BCUT2D eigenvalue weighted by atomic mass is 16.5. The second-order valence-corrected chi connectivity index (χ2v) is 8.48. The predicted octanol–water partition coefficient (Wildman–Crippen LogP) is 2.92. The second-order valence-electron chi connectivity index (χ2n) is 8.48. The fraction of sp³-hybridized carbons (Fsp3) is 0.500. The Bertz CT molecular complexity index is 838. The molecule has 0 aromatic heterocycles. The number of aliphatic hydroxyl groups is 1. The molecule has 2 N–H and O–H groups in total. The Kier molecular flexibility index (Phi) is 10.8. The summed E-state index contributed by atoms with van der Waals surface area (Å²) >= 11 is 0. The molecule has 3 unspecified atom stereocenters. The Labute approximate surface area is 196 Å². The van der Waals surface area contributed by atoms with Gasteiger partial charge in [-0.05, 0) is 43.7 Å². The highest BCUT2D eigenvalue weighted by Gasteiger charge is 2.31. The van der Waals surface area contributed by atoms with Crippen molar-refractivity contribution < 1.29 is 24.2 Å². The van der Waals surface area contributed by atoms with Crippen molar-refractivity contribution in [1.29, 1.82) is 0 Å². The van der Waals surface area contributed by atoms with Gasteiger partial charge in [-0.25, -0.2) is 0 Å². The maximum atomic E-state index is 13.1. The third-order valence-electron chi connectivity index (χ3n) is 5.82. The van der Waals surface area contributed by atoms with E-state index in [4.69, 9.17) is 4.74 Å². The Morgan fingerprint density at radius 2 is 1.97 bits per heavy atom. The first-order valence-corrected chi connectivity index (χ1v) is 11.6. The average molecular weight is 457 g/mol. The zero-order chi connectivity index (χ0) is 24.2. The van der Waals surface area contributed by atoms with Crippen molar-refractivity contribution in [3.63, 3.8) is 0 Å². The van der Waals surface area contributed by atoms with E-state index in [0.29, 0.717) is 32.2 Å². The molecule has 7 heteroatoms. The molecule has 0 saturated carbocycles. The van der Waals surface area contributed by atoms with Crippen molar-refractivity contribution >= 4 is 17.8 Å². The van der Waals surface area contributed by atoms with E-state index in [1.807, 2.05) is 24.3 Å². The van der Waals surface area contributed by atoms with Crippen molar-refractivity contribution in [3.05, 3.63) is 60.7 Å². The van der Waals surface area contributed by atoms with Gasteiger partial charge in [0, 0.05) is 19.4 Å². The standard InChI is InChI=1S/C26H36N2O5/c1-4-6-7-13-25(31)33-19(3)16-27-26(32)21(10-5-2)15-24(30)28-17-22-12-9-8-11-20(22)14-23(28)18-29/h4-5,8-9,11-12,19,21,23,29H,1-2,6-7,10,13-18H2,3H3,(H,27,32). The zero-order valence-electron chi connectivity index (χ0n) is 19.5. The molecule has 0 aliphatic carbocycles. The van der Waals surface area contributed by atoms with Crippen LogP contribution in [0.1, 0.15) is 50.2 Å². The summed E-state index contributed by atoms with van der Waals surface area (Å²) in [4.78, 5) is 39.4. The van der Waals surface area contributed by atoms with E-state index in [2.05, 4.69) is 18.5 Å². The number of hydrogen-bond acceptors (Lipinski definition) is 5. The first-order chi connectivity index (χ1) is 15.9. The highest BCUT2D eigenvalue weighted by Crippen LogP contribution is 2.25. The molecule has 1 aromatic rings. The lowest BCUT2D eigenvalue weighted by Crippen LogP contribution is -2.47. The van der Waals surface area contributed by atoms with Crippen LogP contribution >= 0.6 is 0 Å². The third kappa shape index (κ3) is 8.17. The van der Waals surface area contributed by atoms with Crippen LogP contribution in [-0.4, -0.2) is 53.1 Å². The number of hydrogen-bond donors (Lipinski definition) is 2. The summed E-state index contributed by atoms with van der Waals surface area (Å²) in [5.74, 6) is -1.35. The van der Waals surface area contributed by atoms with Crippen LogP contribution in [0.5, 0.6) is 0 Å². The maximum absolute atomic E-state index is 13.1. The SMILES string of the molecule is C=CCCCC(=O)OC(C)CNC(=O)C(CC=C)CC(=O)N1Cc2ccccc2CC1CO. The molecule has 0 bridgehead atoms. The topological polar surface area (TPSA) is 95.9 Å². The van der Waals surface area contributed by atoms with Gasteiger partial charge in [-0.3, -0.25) is 14.4 Å².